The normalized spacial score (nSPS) is 20.4. The van der Waals surface area contributed by atoms with Crippen LogP contribution in [-0.2, 0) is 19.1 Å². The van der Waals surface area contributed by atoms with Gasteiger partial charge < -0.3 is 20.7 Å². The molecule has 1 aliphatic heterocycles. The van der Waals surface area contributed by atoms with E-state index in [1.54, 1.807) is 10.3 Å². The minimum Gasteiger partial charge on any atom is -0.455 e. The van der Waals surface area contributed by atoms with Gasteiger partial charge >= 0.3 is 5.97 Å². The number of ether oxygens (including phenoxy) is 1. The number of likely N-dealkylation sites (tertiary alicyclic amines) is 1. The van der Waals surface area contributed by atoms with Crippen molar-refractivity contribution < 1.29 is 23.9 Å². The molecular formula is C17H21N3O5S. The van der Waals surface area contributed by atoms with Gasteiger partial charge in [-0.05, 0) is 24.3 Å². The average Bonchev–Trinajstić information content (AvgIpc) is 3.32. The summed E-state index contributed by atoms with van der Waals surface area (Å²) in [5.41, 5.74) is 5.42. The molecule has 26 heavy (non-hydrogen) atoms. The number of hydrogen-bond acceptors (Lipinski definition) is 6. The van der Waals surface area contributed by atoms with Gasteiger partial charge in [-0.2, -0.15) is 0 Å². The highest BCUT2D eigenvalue weighted by atomic mass is 32.1. The number of anilines is 1. The van der Waals surface area contributed by atoms with Crippen LogP contribution in [-0.4, -0.2) is 47.8 Å². The third-order valence-corrected chi connectivity index (χ3v) is 5.62. The van der Waals surface area contributed by atoms with Gasteiger partial charge in [0, 0.05) is 19.0 Å². The number of primary amides is 1. The molecule has 140 valence electrons. The fraction of sp³-hybridized carbons (Fsp3) is 0.529. The molecule has 1 aromatic rings. The average molecular weight is 379 g/mol. The van der Waals surface area contributed by atoms with Gasteiger partial charge in [0.15, 0.2) is 6.61 Å². The van der Waals surface area contributed by atoms with Crippen molar-refractivity contribution in [3.05, 3.63) is 17.0 Å². The van der Waals surface area contributed by atoms with E-state index in [2.05, 4.69) is 5.32 Å². The number of nitrogens with two attached hydrogens (primary N) is 1. The molecule has 0 radical (unpaired) electrons. The summed E-state index contributed by atoms with van der Waals surface area (Å²) in [5.74, 6) is -2.29. The zero-order chi connectivity index (χ0) is 18.7. The van der Waals surface area contributed by atoms with Crippen LogP contribution in [0.15, 0.2) is 11.4 Å². The van der Waals surface area contributed by atoms with Crippen molar-refractivity contribution in [3.63, 3.8) is 0 Å². The highest BCUT2D eigenvalue weighted by Crippen LogP contribution is 2.30. The van der Waals surface area contributed by atoms with Gasteiger partial charge in [0.25, 0.3) is 11.8 Å². The standard InChI is InChI=1S/C17H21N3O5S/c18-15(23)12-5-6-26-16(12)19-13(21)9-25-17(24)10-7-14(22)20(8-10)11-3-1-2-4-11/h5-6,10-11H,1-4,7-9H2,(H2,18,23)(H,19,21)/t10-/m0/s1. The van der Waals surface area contributed by atoms with Gasteiger partial charge in [0.1, 0.15) is 5.00 Å². The van der Waals surface area contributed by atoms with Gasteiger partial charge in [0.05, 0.1) is 11.5 Å². The topological polar surface area (TPSA) is 119 Å². The zero-order valence-electron chi connectivity index (χ0n) is 14.2. The highest BCUT2D eigenvalue weighted by Gasteiger charge is 2.39. The van der Waals surface area contributed by atoms with Crippen LogP contribution in [0.4, 0.5) is 5.00 Å². The fourth-order valence-electron chi connectivity index (χ4n) is 3.48. The van der Waals surface area contributed by atoms with Crippen molar-refractivity contribution in [1.29, 1.82) is 0 Å². The van der Waals surface area contributed by atoms with Crippen LogP contribution in [0.3, 0.4) is 0 Å². The number of carbonyl (C=O) groups is 4. The van der Waals surface area contributed by atoms with Crippen molar-refractivity contribution >= 4 is 40.0 Å². The number of thiophene rings is 1. The number of nitrogens with zero attached hydrogens (tertiary/aromatic N) is 1. The molecule has 3 rings (SSSR count). The van der Waals surface area contributed by atoms with Crippen LogP contribution in [0.25, 0.3) is 0 Å². The van der Waals surface area contributed by atoms with E-state index in [1.165, 1.54) is 6.07 Å². The van der Waals surface area contributed by atoms with Crippen molar-refractivity contribution in [2.24, 2.45) is 11.7 Å². The van der Waals surface area contributed by atoms with E-state index >= 15 is 0 Å². The smallest absolute Gasteiger partial charge is 0.311 e. The third kappa shape index (κ3) is 4.04. The van der Waals surface area contributed by atoms with E-state index in [1.807, 2.05) is 0 Å². The predicted molar refractivity (Wildman–Crippen MR) is 94.5 cm³/mol. The number of carbonyl (C=O) groups excluding carboxylic acids is 4. The summed E-state index contributed by atoms with van der Waals surface area (Å²) in [4.78, 5) is 49.2. The summed E-state index contributed by atoms with van der Waals surface area (Å²) in [5, 5.41) is 4.45. The highest BCUT2D eigenvalue weighted by molar-refractivity contribution is 7.14. The molecule has 1 atom stereocenters. The molecule has 3 amide bonds. The van der Waals surface area contributed by atoms with Gasteiger partial charge in [-0.25, -0.2) is 0 Å². The summed E-state index contributed by atoms with van der Waals surface area (Å²) >= 11 is 1.16. The Labute approximate surface area is 154 Å². The van der Waals surface area contributed by atoms with E-state index < -0.39 is 30.3 Å². The lowest BCUT2D eigenvalue weighted by Gasteiger charge is -2.23. The molecule has 1 aromatic heterocycles. The molecule has 1 aliphatic carbocycles. The Kier molecular flexibility index (Phi) is 5.55. The molecule has 0 bridgehead atoms. The van der Waals surface area contributed by atoms with Crippen LogP contribution in [0.5, 0.6) is 0 Å². The van der Waals surface area contributed by atoms with Crippen molar-refractivity contribution in [2.75, 3.05) is 18.5 Å². The number of amides is 3. The van der Waals surface area contributed by atoms with Gasteiger partial charge in [-0.1, -0.05) is 12.8 Å². The third-order valence-electron chi connectivity index (χ3n) is 4.79. The lowest BCUT2D eigenvalue weighted by atomic mass is 10.1. The Hall–Kier alpha value is -2.42. The monoisotopic (exact) mass is 379 g/mol. The molecule has 9 heteroatoms. The second-order valence-electron chi connectivity index (χ2n) is 6.57. The lowest BCUT2D eigenvalue weighted by molar-refractivity contribution is -0.151. The summed E-state index contributed by atoms with van der Waals surface area (Å²) < 4.78 is 5.05. The van der Waals surface area contributed by atoms with E-state index in [-0.39, 0.29) is 23.9 Å². The van der Waals surface area contributed by atoms with E-state index in [4.69, 9.17) is 10.5 Å². The minimum absolute atomic E-state index is 0.0204. The Morgan fingerprint density at radius 2 is 2.04 bits per heavy atom. The maximum Gasteiger partial charge on any atom is 0.311 e. The van der Waals surface area contributed by atoms with Crippen molar-refractivity contribution in [2.45, 2.75) is 38.1 Å². The molecule has 1 saturated carbocycles. The van der Waals surface area contributed by atoms with Crippen molar-refractivity contribution in [3.8, 4) is 0 Å². The van der Waals surface area contributed by atoms with E-state index in [0.29, 0.717) is 11.5 Å². The van der Waals surface area contributed by atoms with Gasteiger partial charge in [-0.3, -0.25) is 19.2 Å². The molecule has 2 aliphatic rings. The first kappa shape index (κ1) is 18.4. The van der Waals surface area contributed by atoms with Crippen LogP contribution < -0.4 is 11.1 Å². The predicted octanol–water partition coefficient (Wildman–Crippen LogP) is 1.12. The van der Waals surface area contributed by atoms with Crippen LogP contribution >= 0.6 is 11.3 Å². The van der Waals surface area contributed by atoms with Gasteiger partial charge in [0.2, 0.25) is 5.91 Å². The number of nitrogens with one attached hydrogen (secondary N) is 1. The largest absolute Gasteiger partial charge is 0.455 e. The zero-order valence-corrected chi connectivity index (χ0v) is 15.0. The molecule has 8 nitrogen and oxygen atoms in total. The van der Waals surface area contributed by atoms with Crippen LogP contribution in [0.2, 0.25) is 0 Å². The van der Waals surface area contributed by atoms with Crippen molar-refractivity contribution in [1.82, 2.24) is 4.90 Å². The number of hydrogen-bond donors (Lipinski definition) is 2. The minimum atomic E-state index is -0.644. The first-order chi connectivity index (χ1) is 12.5. The lowest BCUT2D eigenvalue weighted by Crippen LogP contribution is -2.35. The Balaban J connectivity index is 1.48. The van der Waals surface area contributed by atoms with Crippen LogP contribution in [0, 0.1) is 5.92 Å². The summed E-state index contributed by atoms with van der Waals surface area (Å²) in [6, 6.07) is 1.74. The SMILES string of the molecule is NC(=O)c1ccsc1NC(=O)COC(=O)[C@H]1CC(=O)N(C2CCCC2)C1. The molecule has 3 N–H and O–H groups in total. The Bertz CT molecular complexity index is 726. The maximum atomic E-state index is 12.2. The second-order valence-corrected chi connectivity index (χ2v) is 7.49. The number of rotatable bonds is 6. The Morgan fingerprint density at radius 1 is 1.31 bits per heavy atom. The van der Waals surface area contributed by atoms with Gasteiger partial charge in [-0.15, -0.1) is 11.3 Å². The molecule has 2 fully saturated rings. The molecule has 1 saturated heterocycles. The summed E-state index contributed by atoms with van der Waals surface area (Å²) in [6.45, 7) is -0.107. The van der Waals surface area contributed by atoms with Crippen LogP contribution in [0.1, 0.15) is 42.5 Å². The maximum absolute atomic E-state index is 12.2. The molecule has 0 spiro atoms. The molecular weight excluding hydrogens is 358 g/mol. The first-order valence-electron chi connectivity index (χ1n) is 8.59. The molecule has 0 aromatic carbocycles. The Morgan fingerprint density at radius 3 is 2.73 bits per heavy atom. The van der Waals surface area contributed by atoms with E-state index in [9.17, 15) is 19.2 Å². The first-order valence-corrected chi connectivity index (χ1v) is 9.47. The molecule has 2 heterocycles. The summed E-state index contributed by atoms with van der Waals surface area (Å²) in [6.07, 6.45) is 4.32. The second kappa shape index (κ2) is 7.86. The number of esters is 1. The molecule has 0 unspecified atom stereocenters. The summed E-state index contributed by atoms with van der Waals surface area (Å²) in [7, 11) is 0. The van der Waals surface area contributed by atoms with E-state index in [0.717, 1.165) is 37.0 Å². The quantitative estimate of drug-likeness (QED) is 0.718. The fourth-order valence-corrected chi connectivity index (χ4v) is 4.28.